The molecule has 0 aliphatic heterocycles. The highest BCUT2D eigenvalue weighted by Crippen LogP contribution is 2.21. The van der Waals surface area contributed by atoms with Gasteiger partial charge in [-0.3, -0.25) is 4.98 Å². The quantitative estimate of drug-likeness (QED) is 0.622. The van der Waals surface area contributed by atoms with Gasteiger partial charge in [-0.25, -0.2) is 0 Å². The molecule has 0 aliphatic carbocycles. The Balaban J connectivity index is 1.75. The molecule has 0 atom stereocenters. The zero-order valence-corrected chi connectivity index (χ0v) is 11.7. The number of nitrogens with two attached hydrogens (primary N) is 1. The molecule has 4 nitrogen and oxygen atoms in total. The van der Waals surface area contributed by atoms with Crippen molar-refractivity contribution in [3.05, 3.63) is 53.9 Å². The molecule has 0 saturated heterocycles. The van der Waals surface area contributed by atoms with Crippen LogP contribution in [-0.4, -0.2) is 18.7 Å². The lowest BCUT2D eigenvalue weighted by Gasteiger charge is -2.10. The van der Waals surface area contributed by atoms with Gasteiger partial charge in [0.2, 0.25) is 0 Å². The molecular weight excluding hydrogens is 252 g/mol. The number of rotatable bonds is 7. The second-order valence-electron chi connectivity index (χ2n) is 4.58. The molecule has 2 rings (SSSR count). The van der Waals surface area contributed by atoms with E-state index in [2.05, 4.69) is 4.98 Å². The number of hydrogen-bond acceptors (Lipinski definition) is 4. The van der Waals surface area contributed by atoms with Crippen molar-refractivity contribution in [3.63, 3.8) is 0 Å². The van der Waals surface area contributed by atoms with Crippen LogP contribution >= 0.6 is 0 Å². The van der Waals surface area contributed by atoms with Gasteiger partial charge in [-0.15, -0.1) is 0 Å². The van der Waals surface area contributed by atoms with Crippen molar-refractivity contribution in [1.82, 2.24) is 4.98 Å². The summed E-state index contributed by atoms with van der Waals surface area (Å²) in [6.07, 6.45) is 5.60. The summed E-state index contributed by atoms with van der Waals surface area (Å²) in [5.41, 5.74) is 8.76. The van der Waals surface area contributed by atoms with E-state index >= 15 is 0 Å². The average Bonchev–Trinajstić information content (AvgIpc) is 2.48. The Hall–Kier alpha value is -2.07. The van der Waals surface area contributed by atoms with Crippen molar-refractivity contribution in [3.8, 4) is 5.75 Å². The predicted octanol–water partition coefficient (Wildman–Crippen LogP) is 2.82. The van der Waals surface area contributed by atoms with Gasteiger partial charge in [0, 0.05) is 30.3 Å². The molecular formula is C16H20N2O2. The van der Waals surface area contributed by atoms with E-state index in [0.717, 1.165) is 29.8 Å². The molecule has 0 spiro atoms. The van der Waals surface area contributed by atoms with Crippen LogP contribution in [0.5, 0.6) is 5.75 Å². The van der Waals surface area contributed by atoms with Gasteiger partial charge in [0.1, 0.15) is 5.75 Å². The third kappa shape index (κ3) is 4.24. The van der Waals surface area contributed by atoms with Crippen molar-refractivity contribution in [1.29, 1.82) is 0 Å². The first kappa shape index (κ1) is 14.3. The third-order valence-electron chi connectivity index (χ3n) is 3.07. The minimum absolute atomic E-state index is 0.518. The van der Waals surface area contributed by atoms with E-state index in [4.69, 9.17) is 15.2 Å². The van der Waals surface area contributed by atoms with E-state index in [1.165, 1.54) is 5.56 Å². The van der Waals surface area contributed by atoms with E-state index in [1.807, 2.05) is 42.7 Å². The van der Waals surface area contributed by atoms with Crippen LogP contribution in [0.1, 0.15) is 17.5 Å². The van der Waals surface area contributed by atoms with E-state index < -0.39 is 0 Å². The number of nitrogens with zero attached hydrogens (tertiary/aromatic N) is 1. The molecule has 1 aromatic carbocycles. The van der Waals surface area contributed by atoms with Gasteiger partial charge in [-0.2, -0.15) is 0 Å². The highest BCUT2D eigenvalue weighted by atomic mass is 16.5. The van der Waals surface area contributed by atoms with Gasteiger partial charge >= 0.3 is 0 Å². The molecule has 0 unspecified atom stereocenters. The maximum atomic E-state index is 5.77. The lowest BCUT2D eigenvalue weighted by Crippen LogP contribution is -2.00. The number of nitrogen functional groups attached to an aromatic ring is 1. The molecule has 0 saturated carbocycles. The first-order valence-electron chi connectivity index (χ1n) is 6.68. The lowest BCUT2D eigenvalue weighted by molar-refractivity contribution is 0.117. The topological polar surface area (TPSA) is 57.4 Å². The first-order chi connectivity index (χ1) is 9.79. The molecule has 0 fully saturated rings. The van der Waals surface area contributed by atoms with Gasteiger partial charge in [0.05, 0.1) is 13.7 Å². The molecule has 0 amide bonds. The number of ether oxygens (including phenoxy) is 2. The Morgan fingerprint density at radius 1 is 1.15 bits per heavy atom. The Morgan fingerprint density at radius 3 is 2.70 bits per heavy atom. The normalized spacial score (nSPS) is 10.4. The molecule has 0 bridgehead atoms. The largest absolute Gasteiger partial charge is 0.496 e. The molecule has 1 aromatic heterocycles. The van der Waals surface area contributed by atoms with Crippen molar-refractivity contribution in [2.24, 2.45) is 0 Å². The second kappa shape index (κ2) is 7.50. The van der Waals surface area contributed by atoms with Crippen LogP contribution in [0.2, 0.25) is 0 Å². The Bertz CT molecular complexity index is 529. The highest BCUT2D eigenvalue weighted by Gasteiger charge is 2.03. The fraction of sp³-hybridized carbons (Fsp3) is 0.312. The van der Waals surface area contributed by atoms with E-state index in [1.54, 1.807) is 7.11 Å². The summed E-state index contributed by atoms with van der Waals surface area (Å²) < 4.78 is 11.0. The maximum absolute atomic E-state index is 5.77. The molecule has 1 heterocycles. The average molecular weight is 272 g/mol. The van der Waals surface area contributed by atoms with Crippen LogP contribution in [0.15, 0.2) is 42.7 Å². The number of pyridine rings is 1. The van der Waals surface area contributed by atoms with Gasteiger partial charge in [0.15, 0.2) is 0 Å². The summed E-state index contributed by atoms with van der Waals surface area (Å²) in [6, 6.07) is 9.64. The number of aromatic nitrogens is 1. The van der Waals surface area contributed by atoms with Crippen molar-refractivity contribution in [2.75, 3.05) is 19.5 Å². The van der Waals surface area contributed by atoms with E-state index in [9.17, 15) is 0 Å². The number of hydrogen-bond donors (Lipinski definition) is 1. The number of aryl methyl sites for hydroxylation is 1. The SMILES string of the molecule is COc1ccc(N)cc1COCCCc1ccncc1. The van der Waals surface area contributed by atoms with Gasteiger partial charge < -0.3 is 15.2 Å². The summed E-state index contributed by atoms with van der Waals surface area (Å²) in [5.74, 6) is 0.813. The molecule has 106 valence electrons. The van der Waals surface area contributed by atoms with Crippen LogP contribution in [0.4, 0.5) is 5.69 Å². The number of benzene rings is 1. The molecule has 4 heteroatoms. The first-order valence-corrected chi connectivity index (χ1v) is 6.68. The molecule has 20 heavy (non-hydrogen) atoms. The highest BCUT2D eigenvalue weighted by molar-refractivity contribution is 5.47. The minimum atomic E-state index is 0.518. The van der Waals surface area contributed by atoms with E-state index in [-0.39, 0.29) is 0 Å². The lowest BCUT2D eigenvalue weighted by atomic mass is 10.1. The molecule has 2 aromatic rings. The van der Waals surface area contributed by atoms with Gasteiger partial charge in [-0.1, -0.05) is 0 Å². The smallest absolute Gasteiger partial charge is 0.124 e. The monoisotopic (exact) mass is 272 g/mol. The van der Waals surface area contributed by atoms with Crippen molar-refractivity contribution < 1.29 is 9.47 Å². The molecule has 0 aliphatic rings. The van der Waals surface area contributed by atoms with Gasteiger partial charge in [0.25, 0.3) is 0 Å². The zero-order valence-electron chi connectivity index (χ0n) is 11.7. The van der Waals surface area contributed by atoms with Crippen molar-refractivity contribution >= 4 is 5.69 Å². The van der Waals surface area contributed by atoms with Crippen molar-refractivity contribution in [2.45, 2.75) is 19.4 Å². The van der Waals surface area contributed by atoms with Crippen LogP contribution in [-0.2, 0) is 17.8 Å². The summed E-state index contributed by atoms with van der Waals surface area (Å²) in [6.45, 7) is 1.23. The standard InChI is InChI=1S/C16H20N2O2/c1-19-16-5-4-15(17)11-14(16)12-20-10-2-3-13-6-8-18-9-7-13/h4-9,11H,2-3,10,12,17H2,1H3. The Labute approximate surface area is 119 Å². The number of methoxy groups -OCH3 is 1. The zero-order chi connectivity index (χ0) is 14.2. The Kier molecular flexibility index (Phi) is 5.38. The fourth-order valence-corrected chi connectivity index (χ4v) is 2.02. The van der Waals surface area contributed by atoms with Gasteiger partial charge in [-0.05, 0) is 48.7 Å². The molecule has 2 N–H and O–H groups in total. The Morgan fingerprint density at radius 2 is 1.95 bits per heavy atom. The fourth-order valence-electron chi connectivity index (χ4n) is 2.02. The minimum Gasteiger partial charge on any atom is -0.496 e. The summed E-state index contributed by atoms with van der Waals surface area (Å²) in [4.78, 5) is 4.00. The maximum Gasteiger partial charge on any atom is 0.124 e. The summed E-state index contributed by atoms with van der Waals surface area (Å²) in [5, 5.41) is 0. The van der Waals surface area contributed by atoms with Crippen LogP contribution in [0.3, 0.4) is 0 Å². The third-order valence-corrected chi connectivity index (χ3v) is 3.07. The predicted molar refractivity (Wildman–Crippen MR) is 79.6 cm³/mol. The summed E-state index contributed by atoms with van der Waals surface area (Å²) >= 11 is 0. The van der Waals surface area contributed by atoms with Crippen LogP contribution in [0.25, 0.3) is 0 Å². The second-order valence-corrected chi connectivity index (χ2v) is 4.58. The van der Waals surface area contributed by atoms with Crippen LogP contribution < -0.4 is 10.5 Å². The van der Waals surface area contributed by atoms with E-state index in [0.29, 0.717) is 13.2 Å². The summed E-state index contributed by atoms with van der Waals surface area (Å²) in [7, 11) is 1.65. The van der Waals surface area contributed by atoms with Crippen LogP contribution in [0, 0.1) is 0 Å². The molecule has 0 radical (unpaired) electrons. The number of anilines is 1.